The highest BCUT2D eigenvalue weighted by molar-refractivity contribution is 6.22. The van der Waals surface area contributed by atoms with Gasteiger partial charge >= 0.3 is 5.97 Å². The number of aliphatic hydroxyl groups is 1. The van der Waals surface area contributed by atoms with Crippen molar-refractivity contribution in [3.05, 3.63) is 41.2 Å². The summed E-state index contributed by atoms with van der Waals surface area (Å²) < 4.78 is 0. The number of hydrogen-bond donors (Lipinski definition) is 2. The molecule has 1 aromatic carbocycles. The topological polar surface area (TPSA) is 74.6 Å². The number of Topliss-reactive ketones (excluding diaryl/α,β-unsaturated/α-hetero) is 1. The van der Waals surface area contributed by atoms with E-state index in [4.69, 9.17) is 5.11 Å². The Balaban J connectivity index is 3.49. The molecule has 2 N–H and O–H groups in total. The summed E-state index contributed by atoms with van der Waals surface area (Å²) in [7, 11) is 0. The largest absolute Gasteiger partial charge is 0.512 e. The molecule has 0 aliphatic carbocycles. The van der Waals surface area contributed by atoms with E-state index in [2.05, 4.69) is 0 Å². The molecule has 4 nitrogen and oxygen atoms in total. The Morgan fingerprint density at radius 3 is 1.88 bits per heavy atom. The normalized spacial score (nSPS) is 11.9. The summed E-state index contributed by atoms with van der Waals surface area (Å²) in [6.07, 6.45) is 0. The van der Waals surface area contributed by atoms with Gasteiger partial charge in [-0.15, -0.1) is 0 Å². The van der Waals surface area contributed by atoms with Crippen LogP contribution in [0.3, 0.4) is 0 Å². The highest BCUT2D eigenvalue weighted by atomic mass is 16.4. The minimum atomic E-state index is -1.13. The van der Waals surface area contributed by atoms with Gasteiger partial charge in [0.25, 0.3) is 0 Å². The Morgan fingerprint density at radius 1 is 1.00 bits per heavy atom. The van der Waals surface area contributed by atoms with Gasteiger partial charge in [-0.25, -0.2) is 4.79 Å². The number of aromatic carboxylic acids is 1. The third-order valence-corrected chi connectivity index (χ3v) is 2.14. The maximum absolute atomic E-state index is 11.3. The fraction of sp³-hybridized carbons (Fsp3) is 0.167. The van der Waals surface area contributed by atoms with Crippen molar-refractivity contribution in [2.24, 2.45) is 0 Å². The minimum Gasteiger partial charge on any atom is -0.512 e. The average molecular weight is 220 g/mol. The molecule has 0 fully saturated rings. The van der Waals surface area contributed by atoms with Crippen LogP contribution >= 0.6 is 0 Å². The van der Waals surface area contributed by atoms with Gasteiger partial charge in [0.2, 0.25) is 0 Å². The van der Waals surface area contributed by atoms with Crippen molar-refractivity contribution in [2.75, 3.05) is 0 Å². The lowest BCUT2D eigenvalue weighted by molar-refractivity contribution is -0.111. The van der Waals surface area contributed by atoms with Crippen LogP contribution in [-0.2, 0) is 4.79 Å². The summed E-state index contributed by atoms with van der Waals surface area (Å²) >= 11 is 0. The van der Waals surface area contributed by atoms with E-state index in [9.17, 15) is 14.7 Å². The first kappa shape index (κ1) is 12.0. The van der Waals surface area contributed by atoms with Gasteiger partial charge in [-0.1, -0.05) is 18.2 Å². The van der Waals surface area contributed by atoms with Gasteiger partial charge in [-0.2, -0.15) is 0 Å². The molecule has 0 aliphatic heterocycles. The molecule has 0 unspecified atom stereocenters. The van der Waals surface area contributed by atoms with Crippen LogP contribution in [-0.4, -0.2) is 22.0 Å². The van der Waals surface area contributed by atoms with E-state index in [0.717, 1.165) is 0 Å². The molecule has 0 aromatic heterocycles. The van der Waals surface area contributed by atoms with Crippen LogP contribution in [0.2, 0.25) is 0 Å². The van der Waals surface area contributed by atoms with Gasteiger partial charge < -0.3 is 10.2 Å². The van der Waals surface area contributed by atoms with Crippen LogP contribution in [0.25, 0.3) is 5.57 Å². The first-order valence-corrected chi connectivity index (χ1v) is 4.68. The van der Waals surface area contributed by atoms with E-state index < -0.39 is 5.97 Å². The lowest BCUT2D eigenvalue weighted by Gasteiger charge is -2.08. The Labute approximate surface area is 92.8 Å². The molecule has 0 spiro atoms. The van der Waals surface area contributed by atoms with Crippen molar-refractivity contribution >= 4 is 17.3 Å². The SMILES string of the molecule is CC(=O)/C(=C(\C)O)c1ccccc1C(=O)O. The molecule has 0 saturated heterocycles. The van der Waals surface area contributed by atoms with E-state index in [1.807, 2.05) is 0 Å². The van der Waals surface area contributed by atoms with E-state index in [1.165, 1.54) is 26.0 Å². The summed E-state index contributed by atoms with van der Waals surface area (Å²) in [4.78, 5) is 22.3. The fourth-order valence-corrected chi connectivity index (χ4v) is 1.53. The van der Waals surface area contributed by atoms with Crippen molar-refractivity contribution < 1.29 is 19.8 Å². The lowest BCUT2D eigenvalue weighted by Crippen LogP contribution is -2.07. The van der Waals surface area contributed by atoms with Crippen molar-refractivity contribution in [2.45, 2.75) is 13.8 Å². The van der Waals surface area contributed by atoms with Crippen LogP contribution in [0.15, 0.2) is 30.0 Å². The van der Waals surface area contributed by atoms with Crippen molar-refractivity contribution in [3.8, 4) is 0 Å². The number of aliphatic hydroxyl groups excluding tert-OH is 1. The molecular weight excluding hydrogens is 208 g/mol. The number of ketones is 1. The number of hydrogen-bond acceptors (Lipinski definition) is 3. The summed E-state index contributed by atoms with van der Waals surface area (Å²) in [6, 6.07) is 6.08. The average Bonchev–Trinajstić information content (AvgIpc) is 2.17. The quantitative estimate of drug-likeness (QED) is 0.605. The van der Waals surface area contributed by atoms with Crippen LogP contribution in [0.1, 0.15) is 29.8 Å². The predicted octanol–water partition coefficient (Wildman–Crippen LogP) is 2.26. The lowest BCUT2D eigenvalue weighted by atomic mass is 9.96. The van der Waals surface area contributed by atoms with Crippen LogP contribution < -0.4 is 0 Å². The molecule has 4 heteroatoms. The van der Waals surface area contributed by atoms with Gasteiger partial charge in [0.15, 0.2) is 5.78 Å². The highest BCUT2D eigenvalue weighted by Crippen LogP contribution is 2.22. The van der Waals surface area contributed by atoms with Gasteiger partial charge in [0, 0.05) is 5.56 Å². The van der Waals surface area contributed by atoms with Crippen LogP contribution in [0.5, 0.6) is 0 Å². The van der Waals surface area contributed by atoms with E-state index in [-0.39, 0.29) is 28.2 Å². The van der Waals surface area contributed by atoms with Gasteiger partial charge in [-0.05, 0) is 19.9 Å². The van der Waals surface area contributed by atoms with Gasteiger partial charge in [0.1, 0.15) is 5.76 Å². The zero-order valence-corrected chi connectivity index (χ0v) is 9.02. The Hall–Kier alpha value is -2.10. The predicted molar refractivity (Wildman–Crippen MR) is 59.3 cm³/mol. The minimum absolute atomic E-state index is 0.00102. The molecular formula is C12H12O4. The van der Waals surface area contributed by atoms with Crippen molar-refractivity contribution in [1.29, 1.82) is 0 Å². The maximum Gasteiger partial charge on any atom is 0.336 e. The Bertz CT molecular complexity index is 468. The first-order valence-electron chi connectivity index (χ1n) is 4.68. The van der Waals surface area contributed by atoms with E-state index >= 15 is 0 Å². The summed E-state index contributed by atoms with van der Waals surface area (Å²) in [6.45, 7) is 2.64. The third-order valence-electron chi connectivity index (χ3n) is 2.14. The Kier molecular flexibility index (Phi) is 3.45. The molecule has 0 amide bonds. The van der Waals surface area contributed by atoms with Gasteiger partial charge in [-0.3, -0.25) is 4.79 Å². The third kappa shape index (κ3) is 2.28. The summed E-state index contributed by atoms with van der Waals surface area (Å²) in [5.41, 5.74) is 0.279. The summed E-state index contributed by atoms with van der Waals surface area (Å²) in [5, 5.41) is 18.4. The second kappa shape index (κ2) is 4.61. The van der Waals surface area contributed by atoms with E-state index in [0.29, 0.717) is 0 Å². The number of carbonyl (C=O) groups is 2. The molecule has 0 atom stereocenters. The zero-order valence-electron chi connectivity index (χ0n) is 9.02. The number of carbonyl (C=O) groups excluding carboxylic acids is 1. The number of rotatable bonds is 3. The molecule has 0 radical (unpaired) electrons. The smallest absolute Gasteiger partial charge is 0.336 e. The Morgan fingerprint density at radius 2 is 1.50 bits per heavy atom. The van der Waals surface area contributed by atoms with Crippen LogP contribution in [0, 0.1) is 0 Å². The molecule has 0 bridgehead atoms. The van der Waals surface area contributed by atoms with E-state index in [1.54, 1.807) is 12.1 Å². The second-order valence-electron chi connectivity index (χ2n) is 3.37. The van der Waals surface area contributed by atoms with Crippen molar-refractivity contribution in [3.63, 3.8) is 0 Å². The first-order chi connectivity index (χ1) is 7.45. The number of carboxylic acids is 1. The van der Waals surface area contributed by atoms with Gasteiger partial charge in [0.05, 0.1) is 11.1 Å². The number of allylic oxidation sites excluding steroid dienone is 2. The monoisotopic (exact) mass is 220 g/mol. The molecule has 1 aromatic rings. The highest BCUT2D eigenvalue weighted by Gasteiger charge is 2.18. The van der Waals surface area contributed by atoms with Crippen molar-refractivity contribution in [1.82, 2.24) is 0 Å². The molecule has 0 saturated carbocycles. The number of benzene rings is 1. The standard InChI is InChI=1S/C12H12O4/c1-7(13)11(8(2)14)9-5-3-4-6-10(9)12(15)16/h3-6,13H,1-2H3,(H,15,16)/b11-7-. The zero-order chi connectivity index (χ0) is 12.3. The molecule has 16 heavy (non-hydrogen) atoms. The molecule has 1 rings (SSSR count). The molecule has 0 aliphatic rings. The molecule has 0 heterocycles. The second-order valence-corrected chi connectivity index (χ2v) is 3.37. The number of carboxylic acid groups (broad SMARTS) is 1. The fourth-order valence-electron chi connectivity index (χ4n) is 1.53. The molecule has 84 valence electrons. The summed E-state index contributed by atoms with van der Waals surface area (Å²) in [5.74, 6) is -1.68. The maximum atomic E-state index is 11.3. The van der Waals surface area contributed by atoms with Crippen LogP contribution in [0.4, 0.5) is 0 Å².